The Balaban J connectivity index is 1.87. The minimum atomic E-state index is -1.42. The monoisotopic (exact) mass is 381 g/mol. The van der Waals surface area contributed by atoms with Crippen molar-refractivity contribution in [2.45, 2.75) is 36.9 Å². The van der Waals surface area contributed by atoms with Crippen LogP contribution in [0.25, 0.3) is 0 Å². The molecule has 0 aliphatic carbocycles. The van der Waals surface area contributed by atoms with Gasteiger partial charge in [0.15, 0.2) is 0 Å². The Morgan fingerprint density at radius 2 is 1.65 bits per heavy atom. The molecule has 2 aromatic rings. The van der Waals surface area contributed by atoms with Crippen molar-refractivity contribution in [3.05, 3.63) is 64.2 Å². The summed E-state index contributed by atoms with van der Waals surface area (Å²) in [6, 6.07) is 12.2. The Labute approximate surface area is 155 Å². The second-order valence-electron chi connectivity index (χ2n) is 6.47. The van der Waals surface area contributed by atoms with Gasteiger partial charge in [0.25, 0.3) is 5.75 Å². The van der Waals surface area contributed by atoms with Gasteiger partial charge >= 0.3 is 0 Å². The van der Waals surface area contributed by atoms with Crippen LogP contribution >= 0.6 is 11.6 Å². The van der Waals surface area contributed by atoms with Crippen molar-refractivity contribution >= 4 is 11.6 Å². The Hall–Kier alpha value is -1.67. The summed E-state index contributed by atoms with van der Waals surface area (Å²) in [5.41, 5.74) is 2.38. The van der Waals surface area contributed by atoms with Crippen LogP contribution in [-0.2, 0) is 11.2 Å². The number of hydrogen-bond acceptors (Lipinski definition) is 5. The number of hydrogen-bond donors (Lipinski definition) is 4. The highest BCUT2D eigenvalue weighted by Crippen LogP contribution is 2.34. The smallest absolute Gasteiger partial charge is 0.253 e. The maximum atomic E-state index is 10.3. The molecule has 1 heterocycles. The van der Waals surface area contributed by atoms with Crippen LogP contribution in [-0.4, -0.2) is 56.6 Å². The molecule has 3 rings (SSSR count). The van der Waals surface area contributed by atoms with Crippen molar-refractivity contribution in [2.24, 2.45) is 0 Å². The van der Waals surface area contributed by atoms with E-state index in [1.807, 2.05) is 12.1 Å². The molecule has 1 saturated heterocycles. The lowest BCUT2D eigenvalue weighted by atomic mass is 9.90. The van der Waals surface area contributed by atoms with Crippen LogP contribution in [0.2, 0.25) is 5.02 Å². The standard InChI is InChI=1S/C19H21ClO6/c20-14-6-3-11(8-12(14)7-10-1-4-13(22)5-2-10)19-18(25)17(24)16(23)15(9-21)26-19/h1-6,8,15-19,21-25H,7,9H2/p+1/t15-,16-,17+,18-,19?/m1/s1. The van der Waals surface area contributed by atoms with E-state index in [2.05, 4.69) is 0 Å². The van der Waals surface area contributed by atoms with E-state index in [1.54, 1.807) is 30.3 Å². The van der Waals surface area contributed by atoms with Crippen molar-refractivity contribution in [3.63, 3.8) is 0 Å². The first-order valence-electron chi connectivity index (χ1n) is 8.30. The van der Waals surface area contributed by atoms with Gasteiger partial charge in [-0.2, -0.15) is 0 Å². The minimum absolute atomic E-state index is 0.426. The maximum Gasteiger partial charge on any atom is 0.253 e. The summed E-state index contributed by atoms with van der Waals surface area (Å²) in [6.45, 7) is -0.471. The van der Waals surface area contributed by atoms with E-state index in [1.165, 1.54) is 0 Å². The molecular formula is C19H22ClO6+. The van der Waals surface area contributed by atoms with Gasteiger partial charge in [-0.15, -0.1) is 0 Å². The molecule has 1 aliphatic heterocycles. The SMILES string of the molecule is OC[C@H]1OC(c2ccc(Cl)c(Cc3ccc([OH2+])cc3)c2)[C@H](O)[C@@H](O)[C@@H]1O. The third-order valence-electron chi connectivity index (χ3n) is 4.64. The molecule has 1 fully saturated rings. The predicted molar refractivity (Wildman–Crippen MR) is 96.5 cm³/mol. The normalized spacial score (nSPS) is 28.9. The zero-order valence-corrected chi connectivity index (χ0v) is 14.7. The highest BCUT2D eigenvalue weighted by molar-refractivity contribution is 6.31. The molecule has 7 heteroatoms. The van der Waals surface area contributed by atoms with Crippen LogP contribution in [0.3, 0.4) is 0 Å². The topological polar surface area (TPSA) is 113 Å². The highest BCUT2D eigenvalue weighted by atomic mass is 35.5. The highest BCUT2D eigenvalue weighted by Gasteiger charge is 2.43. The molecule has 0 saturated carbocycles. The molecule has 1 aliphatic rings. The van der Waals surface area contributed by atoms with Gasteiger partial charge in [-0.3, -0.25) is 0 Å². The first-order valence-corrected chi connectivity index (χ1v) is 8.68. The Morgan fingerprint density at radius 1 is 0.962 bits per heavy atom. The average Bonchev–Trinajstić information content (AvgIpc) is 2.64. The average molecular weight is 382 g/mol. The van der Waals surface area contributed by atoms with Crippen molar-refractivity contribution < 1.29 is 30.3 Å². The number of aliphatic hydroxyl groups excluding tert-OH is 4. The first kappa shape index (κ1) is 19.1. The molecule has 140 valence electrons. The van der Waals surface area contributed by atoms with Gasteiger partial charge in [0, 0.05) is 17.2 Å². The Bertz CT molecular complexity index is 748. The first-order chi connectivity index (χ1) is 12.4. The number of aliphatic hydroxyl groups is 4. The van der Waals surface area contributed by atoms with E-state index in [-0.39, 0.29) is 0 Å². The third kappa shape index (κ3) is 3.86. The van der Waals surface area contributed by atoms with Crippen LogP contribution in [0.15, 0.2) is 42.5 Å². The molecule has 0 bridgehead atoms. The lowest BCUT2D eigenvalue weighted by molar-refractivity contribution is -0.231. The molecule has 2 aromatic carbocycles. The van der Waals surface area contributed by atoms with Gasteiger partial charge < -0.3 is 30.3 Å². The van der Waals surface area contributed by atoms with Gasteiger partial charge in [0.2, 0.25) is 0 Å². The number of benzene rings is 2. The fourth-order valence-corrected chi connectivity index (χ4v) is 3.31. The van der Waals surface area contributed by atoms with Crippen molar-refractivity contribution in [1.29, 1.82) is 0 Å². The summed E-state index contributed by atoms with van der Waals surface area (Å²) < 4.78 is 5.60. The second kappa shape index (κ2) is 7.92. The van der Waals surface area contributed by atoms with E-state index >= 15 is 0 Å². The van der Waals surface area contributed by atoms with E-state index in [0.717, 1.165) is 11.1 Å². The van der Waals surface area contributed by atoms with Gasteiger partial charge in [0.05, 0.1) is 6.61 Å². The van der Waals surface area contributed by atoms with Crippen molar-refractivity contribution in [1.82, 2.24) is 0 Å². The molecule has 0 amide bonds. The van der Waals surface area contributed by atoms with Crippen LogP contribution in [0.5, 0.6) is 5.75 Å². The number of rotatable bonds is 4. The number of halogens is 1. The van der Waals surface area contributed by atoms with Crippen molar-refractivity contribution in [2.75, 3.05) is 6.61 Å². The Kier molecular flexibility index (Phi) is 5.82. The van der Waals surface area contributed by atoms with Crippen LogP contribution < -0.4 is 0 Å². The molecular weight excluding hydrogens is 360 g/mol. The van der Waals surface area contributed by atoms with Crippen LogP contribution in [0.4, 0.5) is 0 Å². The van der Waals surface area contributed by atoms with Crippen LogP contribution in [0.1, 0.15) is 22.8 Å². The summed E-state index contributed by atoms with van der Waals surface area (Å²) in [7, 11) is 0. The molecule has 0 spiro atoms. The van der Waals surface area contributed by atoms with Gasteiger partial charge in [-0.25, -0.2) is 0 Å². The van der Waals surface area contributed by atoms with E-state index < -0.39 is 37.1 Å². The van der Waals surface area contributed by atoms with Gasteiger partial charge in [-0.05, 0) is 41.3 Å². The molecule has 6 nitrogen and oxygen atoms in total. The molecule has 6 N–H and O–H groups in total. The molecule has 26 heavy (non-hydrogen) atoms. The van der Waals surface area contributed by atoms with E-state index in [4.69, 9.17) is 21.4 Å². The van der Waals surface area contributed by atoms with Gasteiger partial charge in [0.1, 0.15) is 30.5 Å². The lowest BCUT2D eigenvalue weighted by Crippen LogP contribution is -2.55. The fourth-order valence-electron chi connectivity index (χ4n) is 3.13. The zero-order valence-electron chi connectivity index (χ0n) is 13.9. The summed E-state index contributed by atoms with van der Waals surface area (Å²) in [6.07, 6.45) is -5.45. The minimum Gasteiger partial charge on any atom is -0.593 e. The summed E-state index contributed by atoms with van der Waals surface area (Å²) in [5.74, 6) is 0.426. The summed E-state index contributed by atoms with van der Waals surface area (Å²) in [5, 5.41) is 47.6. The quantitative estimate of drug-likeness (QED) is 0.587. The van der Waals surface area contributed by atoms with E-state index in [9.17, 15) is 20.4 Å². The lowest BCUT2D eigenvalue weighted by Gasteiger charge is -2.40. The number of ether oxygens (including phenoxy) is 1. The molecule has 1 unspecified atom stereocenters. The maximum absolute atomic E-state index is 10.3. The largest absolute Gasteiger partial charge is 0.593 e. The summed E-state index contributed by atoms with van der Waals surface area (Å²) in [4.78, 5) is 0. The zero-order chi connectivity index (χ0) is 18.8. The second-order valence-corrected chi connectivity index (χ2v) is 6.88. The molecule has 5 atom stereocenters. The van der Waals surface area contributed by atoms with Gasteiger partial charge in [-0.1, -0.05) is 23.7 Å². The Morgan fingerprint density at radius 3 is 2.31 bits per heavy atom. The van der Waals surface area contributed by atoms with E-state index in [0.29, 0.717) is 22.8 Å². The fraction of sp³-hybridized carbons (Fsp3) is 0.368. The molecule has 0 radical (unpaired) electrons. The molecule has 0 aromatic heterocycles. The van der Waals surface area contributed by atoms with Crippen LogP contribution in [0, 0.1) is 0 Å². The van der Waals surface area contributed by atoms with Crippen molar-refractivity contribution in [3.8, 4) is 5.75 Å². The predicted octanol–water partition coefficient (Wildman–Crippen LogP) is 0.884. The summed E-state index contributed by atoms with van der Waals surface area (Å²) >= 11 is 6.29. The third-order valence-corrected chi connectivity index (χ3v) is 5.01.